The van der Waals surface area contributed by atoms with Gasteiger partial charge in [-0.3, -0.25) is 4.90 Å². The van der Waals surface area contributed by atoms with Crippen molar-refractivity contribution in [3.05, 3.63) is 35.1 Å². The Morgan fingerprint density at radius 1 is 1.44 bits per heavy atom. The summed E-state index contributed by atoms with van der Waals surface area (Å²) in [7, 11) is 1.86. The van der Waals surface area contributed by atoms with E-state index in [-0.39, 0.29) is 25.0 Å². The molecule has 0 aliphatic rings. The standard InChI is InChI=1S/C12H19FN2O/c1-9(8-16)15(2)7-11-5-3-4-10(6-14)12(11)13/h3-5,9,16H,6-8,14H2,1-2H3. The summed E-state index contributed by atoms with van der Waals surface area (Å²) < 4.78 is 13.8. The van der Waals surface area contributed by atoms with E-state index in [1.54, 1.807) is 18.2 Å². The molecule has 90 valence electrons. The van der Waals surface area contributed by atoms with Crippen molar-refractivity contribution in [3.63, 3.8) is 0 Å². The van der Waals surface area contributed by atoms with Crippen molar-refractivity contribution in [1.29, 1.82) is 0 Å². The molecule has 3 nitrogen and oxygen atoms in total. The molecule has 4 heteroatoms. The van der Waals surface area contributed by atoms with Crippen molar-refractivity contribution in [2.45, 2.75) is 26.1 Å². The predicted octanol–water partition coefficient (Wildman–Crippen LogP) is 1.10. The molecule has 1 rings (SSSR count). The highest BCUT2D eigenvalue weighted by atomic mass is 19.1. The minimum atomic E-state index is -0.234. The Labute approximate surface area is 95.7 Å². The number of nitrogens with two attached hydrogens (primary N) is 1. The van der Waals surface area contributed by atoms with Gasteiger partial charge in [0, 0.05) is 30.3 Å². The average molecular weight is 226 g/mol. The Bertz CT molecular complexity index is 344. The fourth-order valence-electron chi connectivity index (χ4n) is 1.48. The second-order valence-electron chi connectivity index (χ2n) is 4.04. The van der Waals surface area contributed by atoms with Gasteiger partial charge in [-0.25, -0.2) is 4.39 Å². The highest BCUT2D eigenvalue weighted by Crippen LogP contribution is 2.15. The molecular formula is C12H19FN2O. The molecule has 3 N–H and O–H groups in total. The van der Waals surface area contributed by atoms with E-state index < -0.39 is 0 Å². The third kappa shape index (κ3) is 3.01. The van der Waals surface area contributed by atoms with Crippen LogP contribution in [0.2, 0.25) is 0 Å². The van der Waals surface area contributed by atoms with Crippen molar-refractivity contribution >= 4 is 0 Å². The molecule has 0 aliphatic carbocycles. The van der Waals surface area contributed by atoms with Crippen LogP contribution < -0.4 is 5.73 Å². The summed E-state index contributed by atoms with van der Waals surface area (Å²) in [6.45, 7) is 2.64. The van der Waals surface area contributed by atoms with E-state index in [1.165, 1.54) is 0 Å². The molecule has 0 heterocycles. The van der Waals surface area contributed by atoms with E-state index in [0.29, 0.717) is 17.7 Å². The van der Waals surface area contributed by atoms with Gasteiger partial charge in [-0.2, -0.15) is 0 Å². The number of likely N-dealkylation sites (N-methyl/N-ethyl adjacent to an activating group) is 1. The second-order valence-corrected chi connectivity index (χ2v) is 4.04. The summed E-state index contributed by atoms with van der Waals surface area (Å²) in [5.74, 6) is -0.234. The van der Waals surface area contributed by atoms with Gasteiger partial charge < -0.3 is 10.8 Å². The molecule has 1 aromatic rings. The molecule has 0 saturated carbocycles. The Balaban J connectivity index is 2.81. The summed E-state index contributed by atoms with van der Waals surface area (Å²) in [6, 6.07) is 5.25. The van der Waals surface area contributed by atoms with Crippen molar-refractivity contribution < 1.29 is 9.50 Å². The molecule has 0 aromatic heterocycles. The van der Waals surface area contributed by atoms with Gasteiger partial charge in [0.05, 0.1) is 6.61 Å². The lowest BCUT2D eigenvalue weighted by molar-refractivity contribution is 0.153. The number of aliphatic hydroxyl groups is 1. The number of hydrogen-bond acceptors (Lipinski definition) is 3. The normalized spacial score (nSPS) is 13.1. The van der Waals surface area contributed by atoms with Crippen LogP contribution in [0, 0.1) is 5.82 Å². The molecule has 0 spiro atoms. The van der Waals surface area contributed by atoms with Crippen LogP contribution in [0.4, 0.5) is 4.39 Å². The zero-order valence-electron chi connectivity index (χ0n) is 9.78. The van der Waals surface area contributed by atoms with E-state index in [0.717, 1.165) is 0 Å². The summed E-state index contributed by atoms with van der Waals surface area (Å²) in [5.41, 5.74) is 6.59. The first-order valence-electron chi connectivity index (χ1n) is 5.37. The number of aliphatic hydroxyl groups excluding tert-OH is 1. The first-order valence-corrected chi connectivity index (χ1v) is 5.37. The lowest BCUT2D eigenvalue weighted by atomic mass is 10.1. The maximum atomic E-state index is 13.8. The van der Waals surface area contributed by atoms with Gasteiger partial charge in [-0.1, -0.05) is 18.2 Å². The molecule has 1 unspecified atom stereocenters. The van der Waals surface area contributed by atoms with Crippen LogP contribution >= 0.6 is 0 Å². The van der Waals surface area contributed by atoms with Crippen LogP contribution in [0.1, 0.15) is 18.1 Å². The van der Waals surface area contributed by atoms with Crippen molar-refractivity contribution in [2.24, 2.45) is 5.73 Å². The van der Waals surface area contributed by atoms with E-state index >= 15 is 0 Å². The molecule has 0 fully saturated rings. The first-order chi connectivity index (χ1) is 7.60. The predicted molar refractivity (Wildman–Crippen MR) is 62.3 cm³/mol. The van der Waals surface area contributed by atoms with E-state index in [4.69, 9.17) is 10.8 Å². The zero-order chi connectivity index (χ0) is 12.1. The Kier molecular flexibility index (Phi) is 4.86. The van der Waals surface area contributed by atoms with Gasteiger partial charge in [0.15, 0.2) is 0 Å². The fourth-order valence-corrected chi connectivity index (χ4v) is 1.48. The van der Waals surface area contributed by atoms with Crippen LogP contribution in [0.5, 0.6) is 0 Å². The molecule has 16 heavy (non-hydrogen) atoms. The average Bonchev–Trinajstić information content (AvgIpc) is 2.30. The van der Waals surface area contributed by atoms with Crippen LogP contribution in [0.15, 0.2) is 18.2 Å². The number of hydrogen-bond donors (Lipinski definition) is 2. The lowest BCUT2D eigenvalue weighted by Crippen LogP contribution is -2.31. The maximum absolute atomic E-state index is 13.8. The number of halogens is 1. The van der Waals surface area contributed by atoms with Crippen molar-refractivity contribution in [1.82, 2.24) is 4.90 Å². The molecule has 0 bridgehead atoms. The smallest absolute Gasteiger partial charge is 0.132 e. The molecule has 0 saturated heterocycles. The van der Waals surface area contributed by atoms with Gasteiger partial charge in [0.2, 0.25) is 0 Å². The Morgan fingerprint density at radius 2 is 2.06 bits per heavy atom. The fraction of sp³-hybridized carbons (Fsp3) is 0.500. The third-order valence-corrected chi connectivity index (χ3v) is 2.82. The van der Waals surface area contributed by atoms with Gasteiger partial charge >= 0.3 is 0 Å². The molecule has 1 atom stereocenters. The molecule has 0 aliphatic heterocycles. The molecule has 0 amide bonds. The second kappa shape index (κ2) is 5.94. The number of nitrogens with zero attached hydrogens (tertiary/aromatic N) is 1. The van der Waals surface area contributed by atoms with Gasteiger partial charge in [-0.05, 0) is 14.0 Å². The van der Waals surface area contributed by atoms with E-state index in [9.17, 15) is 4.39 Å². The Morgan fingerprint density at radius 3 is 2.62 bits per heavy atom. The van der Waals surface area contributed by atoms with Crippen LogP contribution in [-0.2, 0) is 13.1 Å². The number of rotatable bonds is 5. The largest absolute Gasteiger partial charge is 0.395 e. The topological polar surface area (TPSA) is 49.5 Å². The Hall–Kier alpha value is -0.970. The van der Waals surface area contributed by atoms with Gasteiger partial charge in [-0.15, -0.1) is 0 Å². The van der Waals surface area contributed by atoms with Crippen LogP contribution in [-0.4, -0.2) is 29.7 Å². The highest BCUT2D eigenvalue weighted by molar-refractivity contribution is 5.25. The maximum Gasteiger partial charge on any atom is 0.132 e. The minimum absolute atomic E-state index is 0.0148. The molecule has 0 radical (unpaired) electrons. The monoisotopic (exact) mass is 226 g/mol. The van der Waals surface area contributed by atoms with E-state index in [2.05, 4.69) is 0 Å². The molecule has 1 aromatic carbocycles. The molecular weight excluding hydrogens is 207 g/mol. The van der Waals surface area contributed by atoms with Crippen molar-refractivity contribution in [2.75, 3.05) is 13.7 Å². The number of benzene rings is 1. The quantitative estimate of drug-likeness (QED) is 0.790. The lowest BCUT2D eigenvalue weighted by Gasteiger charge is -2.23. The van der Waals surface area contributed by atoms with Gasteiger partial charge in [0.25, 0.3) is 0 Å². The minimum Gasteiger partial charge on any atom is -0.395 e. The summed E-state index contributed by atoms with van der Waals surface area (Å²) in [4.78, 5) is 1.90. The zero-order valence-corrected chi connectivity index (χ0v) is 9.78. The third-order valence-electron chi connectivity index (χ3n) is 2.82. The van der Waals surface area contributed by atoms with E-state index in [1.807, 2.05) is 18.9 Å². The van der Waals surface area contributed by atoms with Gasteiger partial charge in [0.1, 0.15) is 5.82 Å². The van der Waals surface area contributed by atoms with Crippen LogP contribution in [0.25, 0.3) is 0 Å². The highest BCUT2D eigenvalue weighted by Gasteiger charge is 2.12. The SMILES string of the molecule is CC(CO)N(C)Cc1cccc(CN)c1F. The van der Waals surface area contributed by atoms with Crippen molar-refractivity contribution in [3.8, 4) is 0 Å². The summed E-state index contributed by atoms with van der Waals surface area (Å²) in [5, 5.41) is 9.00. The first kappa shape index (κ1) is 13.1. The van der Waals surface area contributed by atoms with Crippen LogP contribution in [0.3, 0.4) is 0 Å². The summed E-state index contributed by atoms with van der Waals surface area (Å²) >= 11 is 0. The summed E-state index contributed by atoms with van der Waals surface area (Å²) in [6.07, 6.45) is 0.